The number of benzene rings is 1. The molecular weight excluding hydrogens is 296 g/mol. The summed E-state index contributed by atoms with van der Waals surface area (Å²) in [4.78, 5) is 4.29. The third-order valence-electron chi connectivity index (χ3n) is 2.88. The minimum atomic E-state index is -3.64. The maximum absolute atomic E-state index is 12.4. The molecule has 1 atom stereocenters. The minimum absolute atomic E-state index is 0.187. The number of hydrogen-bond donors (Lipinski definition) is 2. The molecule has 1 heterocycles. The van der Waals surface area contributed by atoms with Gasteiger partial charge in [-0.2, -0.15) is 0 Å². The Morgan fingerprint density at radius 2 is 2.20 bits per heavy atom. The first kappa shape index (κ1) is 15.1. The molecule has 7 heteroatoms. The average Bonchev–Trinajstić information content (AvgIpc) is 2.92. The lowest BCUT2D eigenvalue weighted by Gasteiger charge is -2.14. The summed E-state index contributed by atoms with van der Waals surface area (Å²) in [7, 11) is -3.64. The second-order valence-electron chi connectivity index (χ2n) is 4.47. The van der Waals surface area contributed by atoms with Gasteiger partial charge in [0.1, 0.15) is 5.01 Å². The lowest BCUT2D eigenvalue weighted by Crippen LogP contribution is -2.27. The van der Waals surface area contributed by atoms with Gasteiger partial charge in [0.2, 0.25) is 10.0 Å². The van der Waals surface area contributed by atoms with Crippen LogP contribution in [0, 0.1) is 6.92 Å². The number of sulfonamides is 1. The molecule has 2 rings (SSSR count). The molecule has 2 aromatic rings. The van der Waals surface area contributed by atoms with Crippen LogP contribution >= 0.6 is 11.3 Å². The Morgan fingerprint density at radius 3 is 2.80 bits per heavy atom. The Labute approximate surface area is 122 Å². The highest BCUT2D eigenvalue weighted by atomic mass is 32.2. The van der Waals surface area contributed by atoms with Crippen molar-refractivity contribution in [3.63, 3.8) is 0 Å². The molecule has 1 aromatic carbocycles. The molecule has 0 saturated heterocycles. The first-order valence-corrected chi connectivity index (χ1v) is 8.42. The Balaban J connectivity index is 2.31. The standard InChI is InChI=1S/C13H16N2O3S2/c1-9-3-4-11(8-16)7-12(9)20(17,18)15-10(2)13-14-5-6-19-13/h3-7,10,15-16H,8H2,1-2H3. The van der Waals surface area contributed by atoms with Crippen molar-refractivity contribution in [3.05, 3.63) is 45.9 Å². The Bertz CT molecular complexity index is 682. The maximum atomic E-state index is 12.4. The van der Waals surface area contributed by atoms with Crippen LogP contribution in [-0.2, 0) is 16.6 Å². The molecule has 0 saturated carbocycles. The van der Waals surface area contributed by atoms with Crippen LogP contribution < -0.4 is 4.72 Å². The summed E-state index contributed by atoms with van der Waals surface area (Å²) in [6.07, 6.45) is 1.64. The van der Waals surface area contributed by atoms with Crippen molar-refractivity contribution >= 4 is 21.4 Å². The zero-order chi connectivity index (χ0) is 14.8. The number of aryl methyl sites for hydroxylation is 1. The van der Waals surface area contributed by atoms with Crippen molar-refractivity contribution in [3.8, 4) is 0 Å². The van der Waals surface area contributed by atoms with Crippen LogP contribution in [0.2, 0.25) is 0 Å². The second kappa shape index (κ2) is 6.01. The van der Waals surface area contributed by atoms with Crippen LogP contribution in [0.4, 0.5) is 0 Å². The molecule has 1 unspecified atom stereocenters. The summed E-state index contributed by atoms with van der Waals surface area (Å²) < 4.78 is 27.4. The lowest BCUT2D eigenvalue weighted by atomic mass is 10.2. The van der Waals surface area contributed by atoms with E-state index in [4.69, 9.17) is 5.11 Å². The summed E-state index contributed by atoms with van der Waals surface area (Å²) in [5.41, 5.74) is 1.21. The normalized spacial score (nSPS) is 13.3. The predicted molar refractivity (Wildman–Crippen MR) is 78.0 cm³/mol. The number of aliphatic hydroxyl groups is 1. The molecule has 0 amide bonds. The van der Waals surface area contributed by atoms with E-state index >= 15 is 0 Å². The Kier molecular flexibility index (Phi) is 4.54. The van der Waals surface area contributed by atoms with Crippen LogP contribution in [0.3, 0.4) is 0 Å². The van der Waals surface area contributed by atoms with Crippen LogP contribution in [0.15, 0.2) is 34.7 Å². The van der Waals surface area contributed by atoms with E-state index in [9.17, 15) is 8.42 Å². The van der Waals surface area contributed by atoms with Crippen LogP contribution in [0.5, 0.6) is 0 Å². The van der Waals surface area contributed by atoms with Gasteiger partial charge in [-0.3, -0.25) is 0 Å². The van der Waals surface area contributed by atoms with Gasteiger partial charge in [-0.25, -0.2) is 18.1 Å². The fourth-order valence-electron chi connectivity index (χ4n) is 1.83. The van der Waals surface area contributed by atoms with Crippen molar-refractivity contribution < 1.29 is 13.5 Å². The average molecular weight is 312 g/mol. The van der Waals surface area contributed by atoms with E-state index in [-0.39, 0.29) is 11.5 Å². The third-order valence-corrected chi connectivity index (χ3v) is 5.52. The number of thiazole rings is 1. The van der Waals surface area contributed by atoms with Gasteiger partial charge in [0, 0.05) is 11.6 Å². The smallest absolute Gasteiger partial charge is 0.241 e. The first-order chi connectivity index (χ1) is 9.44. The molecule has 0 aliphatic heterocycles. The van der Waals surface area contributed by atoms with E-state index in [2.05, 4.69) is 9.71 Å². The summed E-state index contributed by atoms with van der Waals surface area (Å²) in [6.45, 7) is 3.29. The van der Waals surface area contributed by atoms with Crippen molar-refractivity contribution in [2.75, 3.05) is 0 Å². The van der Waals surface area contributed by atoms with Gasteiger partial charge in [0.15, 0.2) is 0 Å². The number of hydrogen-bond acceptors (Lipinski definition) is 5. The van der Waals surface area contributed by atoms with Gasteiger partial charge in [-0.05, 0) is 31.0 Å². The highest BCUT2D eigenvalue weighted by Gasteiger charge is 2.21. The van der Waals surface area contributed by atoms with Crippen LogP contribution in [0.25, 0.3) is 0 Å². The van der Waals surface area contributed by atoms with Gasteiger partial charge in [-0.1, -0.05) is 12.1 Å². The molecule has 0 aliphatic rings. The van der Waals surface area contributed by atoms with Crippen molar-refractivity contribution in [2.45, 2.75) is 31.4 Å². The maximum Gasteiger partial charge on any atom is 0.241 e. The van der Waals surface area contributed by atoms with E-state index in [1.165, 1.54) is 17.4 Å². The Hall–Kier alpha value is -1.28. The highest BCUT2D eigenvalue weighted by Crippen LogP contribution is 2.21. The molecule has 0 bridgehead atoms. The molecule has 1 aromatic heterocycles. The molecule has 5 nitrogen and oxygen atoms in total. The molecule has 0 radical (unpaired) electrons. The van der Waals surface area contributed by atoms with E-state index < -0.39 is 16.1 Å². The van der Waals surface area contributed by atoms with E-state index in [0.717, 1.165) is 0 Å². The molecule has 2 N–H and O–H groups in total. The number of aliphatic hydroxyl groups excluding tert-OH is 1. The third kappa shape index (κ3) is 3.24. The van der Waals surface area contributed by atoms with Crippen LogP contribution in [0.1, 0.15) is 29.1 Å². The largest absolute Gasteiger partial charge is 0.392 e. The predicted octanol–water partition coefficient (Wildman–Crippen LogP) is 1.98. The van der Waals surface area contributed by atoms with Crippen molar-refractivity contribution in [1.82, 2.24) is 9.71 Å². The highest BCUT2D eigenvalue weighted by molar-refractivity contribution is 7.89. The monoisotopic (exact) mass is 312 g/mol. The van der Waals surface area contributed by atoms with Gasteiger partial charge in [0.05, 0.1) is 17.5 Å². The van der Waals surface area contributed by atoms with Crippen molar-refractivity contribution in [2.24, 2.45) is 0 Å². The summed E-state index contributed by atoms with van der Waals surface area (Å²) in [5, 5.41) is 11.6. The molecule has 0 fully saturated rings. The number of nitrogens with one attached hydrogen (secondary N) is 1. The van der Waals surface area contributed by atoms with Gasteiger partial charge >= 0.3 is 0 Å². The zero-order valence-electron chi connectivity index (χ0n) is 11.2. The molecule has 20 heavy (non-hydrogen) atoms. The molecular formula is C13H16N2O3S2. The van der Waals surface area contributed by atoms with Gasteiger partial charge < -0.3 is 5.11 Å². The Morgan fingerprint density at radius 1 is 1.45 bits per heavy atom. The topological polar surface area (TPSA) is 79.3 Å². The summed E-state index contributed by atoms with van der Waals surface area (Å²) >= 11 is 1.40. The molecule has 108 valence electrons. The summed E-state index contributed by atoms with van der Waals surface area (Å²) in [5.74, 6) is 0. The van der Waals surface area contributed by atoms with Gasteiger partial charge in [0.25, 0.3) is 0 Å². The molecule has 0 spiro atoms. The zero-order valence-corrected chi connectivity index (χ0v) is 12.8. The number of aromatic nitrogens is 1. The quantitative estimate of drug-likeness (QED) is 0.885. The van der Waals surface area contributed by atoms with E-state index in [1.54, 1.807) is 37.6 Å². The van der Waals surface area contributed by atoms with E-state index in [0.29, 0.717) is 16.1 Å². The van der Waals surface area contributed by atoms with E-state index in [1.807, 2.05) is 0 Å². The number of nitrogens with zero attached hydrogens (tertiary/aromatic N) is 1. The van der Waals surface area contributed by atoms with Gasteiger partial charge in [-0.15, -0.1) is 11.3 Å². The second-order valence-corrected chi connectivity index (χ2v) is 7.08. The number of rotatable bonds is 5. The SMILES string of the molecule is Cc1ccc(CO)cc1S(=O)(=O)NC(C)c1nccs1. The fraction of sp³-hybridized carbons (Fsp3) is 0.308. The molecule has 0 aliphatic carbocycles. The van der Waals surface area contributed by atoms with Crippen LogP contribution in [-0.4, -0.2) is 18.5 Å². The minimum Gasteiger partial charge on any atom is -0.392 e. The van der Waals surface area contributed by atoms with Crippen molar-refractivity contribution in [1.29, 1.82) is 0 Å². The lowest BCUT2D eigenvalue weighted by molar-refractivity contribution is 0.281. The first-order valence-electron chi connectivity index (χ1n) is 6.06. The fourth-order valence-corrected chi connectivity index (χ4v) is 4.05. The summed E-state index contributed by atoms with van der Waals surface area (Å²) in [6, 6.07) is 4.50.